The van der Waals surface area contributed by atoms with Crippen LogP contribution in [0.3, 0.4) is 0 Å². The number of hydrogen-bond acceptors (Lipinski definition) is 6. The summed E-state index contributed by atoms with van der Waals surface area (Å²) in [5.74, 6) is -1.28. The first-order chi connectivity index (χ1) is 15.0. The van der Waals surface area contributed by atoms with Crippen LogP contribution in [0.15, 0.2) is 48.5 Å². The summed E-state index contributed by atoms with van der Waals surface area (Å²) in [6.45, 7) is 4.70. The van der Waals surface area contributed by atoms with Gasteiger partial charge in [0.05, 0.1) is 13.2 Å². The normalized spacial score (nSPS) is 13.7. The monoisotopic (exact) mass is 425 g/mol. The molecule has 3 aromatic rings. The van der Waals surface area contributed by atoms with Gasteiger partial charge in [0.1, 0.15) is 5.82 Å². The molecule has 0 saturated carbocycles. The lowest BCUT2D eigenvalue weighted by atomic mass is 10.2. The quantitative estimate of drug-likeness (QED) is 0.646. The molecule has 1 fully saturated rings. The molecule has 0 unspecified atom stereocenters. The van der Waals surface area contributed by atoms with Crippen LogP contribution in [0.25, 0.3) is 0 Å². The molecule has 0 bridgehead atoms. The number of amides is 1. The van der Waals surface area contributed by atoms with E-state index in [9.17, 15) is 13.6 Å². The number of benzene rings is 2. The zero-order valence-electron chi connectivity index (χ0n) is 16.9. The predicted molar refractivity (Wildman–Crippen MR) is 114 cm³/mol. The Morgan fingerprint density at radius 1 is 0.968 bits per heavy atom. The van der Waals surface area contributed by atoms with Crippen molar-refractivity contribution in [3.8, 4) is 0 Å². The van der Waals surface area contributed by atoms with Crippen molar-refractivity contribution in [2.45, 2.75) is 6.92 Å². The molecule has 160 valence electrons. The summed E-state index contributed by atoms with van der Waals surface area (Å²) in [6, 6.07) is 11.8. The molecule has 1 aliphatic rings. The van der Waals surface area contributed by atoms with Crippen LogP contribution >= 0.6 is 0 Å². The molecule has 0 spiro atoms. The molecular weight excluding hydrogens is 404 g/mol. The zero-order valence-corrected chi connectivity index (χ0v) is 16.9. The van der Waals surface area contributed by atoms with Gasteiger partial charge in [-0.25, -0.2) is 13.8 Å². The number of anilines is 4. The summed E-state index contributed by atoms with van der Waals surface area (Å²) < 4.78 is 31.7. The van der Waals surface area contributed by atoms with E-state index in [-0.39, 0.29) is 5.56 Å². The van der Waals surface area contributed by atoms with Gasteiger partial charge in [0.25, 0.3) is 5.91 Å². The van der Waals surface area contributed by atoms with E-state index in [1.54, 1.807) is 24.3 Å². The van der Waals surface area contributed by atoms with Crippen LogP contribution in [0.4, 0.5) is 31.9 Å². The number of aryl methyl sites for hydroxylation is 1. The first kappa shape index (κ1) is 20.7. The molecule has 1 amide bonds. The maximum atomic E-state index is 13.3. The minimum absolute atomic E-state index is 0.0354. The van der Waals surface area contributed by atoms with E-state index in [0.29, 0.717) is 30.7 Å². The smallest absolute Gasteiger partial charge is 0.255 e. The fourth-order valence-electron chi connectivity index (χ4n) is 3.15. The lowest BCUT2D eigenvalue weighted by molar-refractivity contribution is 0.102. The van der Waals surface area contributed by atoms with Gasteiger partial charge in [-0.3, -0.25) is 4.79 Å². The predicted octanol–water partition coefficient (Wildman–Crippen LogP) is 3.90. The van der Waals surface area contributed by atoms with Crippen LogP contribution in [0.1, 0.15) is 16.1 Å². The van der Waals surface area contributed by atoms with E-state index in [0.717, 1.165) is 36.6 Å². The highest BCUT2D eigenvalue weighted by Gasteiger charge is 2.15. The van der Waals surface area contributed by atoms with Gasteiger partial charge in [0, 0.05) is 41.8 Å². The molecule has 1 aromatic heterocycles. The Hall–Kier alpha value is -3.59. The van der Waals surface area contributed by atoms with Gasteiger partial charge in [-0.05, 0) is 49.4 Å². The molecule has 0 radical (unpaired) electrons. The van der Waals surface area contributed by atoms with E-state index in [1.807, 2.05) is 13.0 Å². The summed E-state index contributed by atoms with van der Waals surface area (Å²) in [7, 11) is 0. The highest BCUT2D eigenvalue weighted by atomic mass is 19.2. The van der Waals surface area contributed by atoms with Crippen LogP contribution in [0.5, 0.6) is 0 Å². The molecule has 4 rings (SSSR count). The Labute approximate surface area is 178 Å². The van der Waals surface area contributed by atoms with Crippen LogP contribution in [0.2, 0.25) is 0 Å². The van der Waals surface area contributed by atoms with Gasteiger partial charge in [0.15, 0.2) is 11.6 Å². The van der Waals surface area contributed by atoms with Crippen LogP contribution in [-0.2, 0) is 4.74 Å². The van der Waals surface area contributed by atoms with Crippen molar-refractivity contribution < 1.29 is 18.3 Å². The van der Waals surface area contributed by atoms with Crippen LogP contribution in [0, 0.1) is 18.6 Å². The second-order valence-electron chi connectivity index (χ2n) is 7.08. The number of rotatable bonds is 5. The van der Waals surface area contributed by atoms with E-state index in [2.05, 4.69) is 25.5 Å². The summed E-state index contributed by atoms with van der Waals surface area (Å²) in [5, 5.41) is 5.89. The number of ether oxygens (including phenoxy) is 1. The molecule has 2 N–H and O–H groups in total. The molecule has 31 heavy (non-hydrogen) atoms. The maximum absolute atomic E-state index is 13.3. The third kappa shape index (κ3) is 5.13. The molecule has 0 aliphatic carbocycles. The standard InChI is InChI=1S/C22H21F2N5O2/c1-14-12-20(28-22(25-14)29-8-10-31-11-9-29)26-16-3-5-17(6-4-16)27-21(30)15-2-7-18(23)19(24)13-15/h2-7,12-13H,8-11H2,1H3,(H,27,30)(H,25,26,28). The second-order valence-corrected chi connectivity index (χ2v) is 7.08. The number of nitrogens with zero attached hydrogens (tertiary/aromatic N) is 3. The SMILES string of the molecule is Cc1cc(Nc2ccc(NC(=O)c3ccc(F)c(F)c3)cc2)nc(N2CCOCC2)n1. The number of halogens is 2. The minimum Gasteiger partial charge on any atom is -0.378 e. The molecular formula is C22H21F2N5O2. The Balaban J connectivity index is 1.43. The van der Waals surface area contributed by atoms with Crippen molar-refractivity contribution in [1.29, 1.82) is 0 Å². The van der Waals surface area contributed by atoms with E-state index in [4.69, 9.17) is 4.74 Å². The number of carbonyl (C=O) groups is 1. The number of nitrogens with one attached hydrogen (secondary N) is 2. The summed E-state index contributed by atoms with van der Waals surface area (Å²) in [6.07, 6.45) is 0. The minimum atomic E-state index is -1.07. The van der Waals surface area contributed by atoms with E-state index >= 15 is 0 Å². The molecule has 1 aliphatic heterocycles. The van der Waals surface area contributed by atoms with Crippen molar-refractivity contribution in [1.82, 2.24) is 9.97 Å². The number of carbonyl (C=O) groups excluding carboxylic acids is 1. The average Bonchev–Trinajstić information content (AvgIpc) is 2.77. The molecule has 9 heteroatoms. The highest BCUT2D eigenvalue weighted by molar-refractivity contribution is 6.04. The fourth-order valence-corrected chi connectivity index (χ4v) is 3.15. The van der Waals surface area contributed by atoms with Gasteiger partial charge < -0.3 is 20.3 Å². The Bertz CT molecular complexity index is 1090. The Morgan fingerprint density at radius 2 is 1.68 bits per heavy atom. The van der Waals surface area contributed by atoms with Crippen molar-refractivity contribution in [3.05, 3.63) is 71.4 Å². The first-order valence-corrected chi connectivity index (χ1v) is 9.80. The van der Waals surface area contributed by atoms with Crippen LogP contribution < -0.4 is 15.5 Å². The third-order valence-electron chi connectivity index (χ3n) is 4.73. The molecule has 7 nitrogen and oxygen atoms in total. The second kappa shape index (κ2) is 9.05. The van der Waals surface area contributed by atoms with Gasteiger partial charge >= 0.3 is 0 Å². The third-order valence-corrected chi connectivity index (χ3v) is 4.73. The molecule has 2 aromatic carbocycles. The van der Waals surface area contributed by atoms with Gasteiger partial charge in [-0.15, -0.1) is 0 Å². The fraction of sp³-hybridized carbons (Fsp3) is 0.227. The highest BCUT2D eigenvalue weighted by Crippen LogP contribution is 2.21. The lowest BCUT2D eigenvalue weighted by Crippen LogP contribution is -2.37. The topological polar surface area (TPSA) is 79.4 Å². The number of morpholine rings is 1. The number of aromatic nitrogens is 2. The van der Waals surface area contributed by atoms with Crippen molar-refractivity contribution in [3.63, 3.8) is 0 Å². The largest absolute Gasteiger partial charge is 0.378 e. The summed E-state index contributed by atoms with van der Waals surface area (Å²) >= 11 is 0. The Morgan fingerprint density at radius 3 is 2.39 bits per heavy atom. The zero-order chi connectivity index (χ0) is 21.8. The lowest BCUT2D eigenvalue weighted by Gasteiger charge is -2.27. The van der Waals surface area contributed by atoms with E-state index < -0.39 is 17.5 Å². The van der Waals surface area contributed by atoms with Crippen molar-refractivity contribution in [2.24, 2.45) is 0 Å². The molecule has 1 saturated heterocycles. The number of hydrogen-bond donors (Lipinski definition) is 2. The van der Waals surface area contributed by atoms with Crippen LogP contribution in [-0.4, -0.2) is 42.2 Å². The first-order valence-electron chi connectivity index (χ1n) is 9.80. The van der Waals surface area contributed by atoms with Gasteiger partial charge in [-0.2, -0.15) is 4.98 Å². The van der Waals surface area contributed by atoms with Crippen molar-refractivity contribution >= 4 is 29.0 Å². The van der Waals surface area contributed by atoms with Gasteiger partial charge in [0.2, 0.25) is 5.95 Å². The molecule has 2 heterocycles. The van der Waals surface area contributed by atoms with Crippen molar-refractivity contribution in [2.75, 3.05) is 41.8 Å². The summed E-state index contributed by atoms with van der Waals surface area (Å²) in [5.41, 5.74) is 2.17. The van der Waals surface area contributed by atoms with E-state index in [1.165, 1.54) is 6.07 Å². The molecule has 0 atom stereocenters. The van der Waals surface area contributed by atoms with Gasteiger partial charge in [-0.1, -0.05) is 0 Å². The summed E-state index contributed by atoms with van der Waals surface area (Å²) in [4.78, 5) is 23.4. The average molecular weight is 425 g/mol. The maximum Gasteiger partial charge on any atom is 0.255 e. The Kier molecular flexibility index (Phi) is 6.03.